The number of nitrogens with two attached hydrogens (primary N) is 1. The summed E-state index contributed by atoms with van der Waals surface area (Å²) in [5, 5.41) is 3.13. The van der Waals surface area contributed by atoms with Crippen LogP contribution in [0.1, 0.15) is 44.8 Å². The highest BCUT2D eigenvalue weighted by Gasteiger charge is 2.30. The van der Waals surface area contributed by atoms with Crippen molar-refractivity contribution in [1.82, 2.24) is 4.98 Å². The zero-order valence-corrected chi connectivity index (χ0v) is 11.6. The molecular weight excluding hydrogens is 220 g/mol. The van der Waals surface area contributed by atoms with E-state index >= 15 is 0 Å². The number of rotatable bonds is 5. The molecule has 1 unspecified atom stereocenters. The molecule has 1 aromatic rings. The molecule has 0 aliphatic heterocycles. The second-order valence-electron chi connectivity index (χ2n) is 4.91. The fourth-order valence-corrected chi connectivity index (χ4v) is 2.54. The van der Waals surface area contributed by atoms with Crippen molar-refractivity contribution >= 4 is 11.3 Å². The van der Waals surface area contributed by atoms with Gasteiger partial charge in [0, 0.05) is 24.4 Å². The van der Waals surface area contributed by atoms with Gasteiger partial charge in [0.1, 0.15) is 10.6 Å². The normalized spacial score (nSPS) is 16.1. The molecule has 1 aromatic heterocycles. The number of hydrogen-bond donors (Lipinski definition) is 1. The lowest BCUT2D eigenvalue weighted by Crippen LogP contribution is -2.29. The summed E-state index contributed by atoms with van der Waals surface area (Å²) < 4.78 is 5.55. The van der Waals surface area contributed by atoms with Crippen molar-refractivity contribution in [2.75, 3.05) is 13.7 Å². The summed E-state index contributed by atoms with van der Waals surface area (Å²) in [6.45, 7) is 9.01. The predicted molar refractivity (Wildman–Crippen MR) is 68.8 cm³/mol. The second-order valence-corrected chi connectivity index (χ2v) is 5.77. The molecule has 0 saturated carbocycles. The fraction of sp³-hybridized carbons (Fsp3) is 0.750. The Hall–Kier alpha value is -0.450. The van der Waals surface area contributed by atoms with Crippen LogP contribution in [0.15, 0.2) is 5.38 Å². The molecule has 2 N–H and O–H groups in total. The summed E-state index contributed by atoms with van der Waals surface area (Å²) in [5.41, 5.74) is 6.49. The van der Waals surface area contributed by atoms with E-state index in [9.17, 15) is 0 Å². The summed E-state index contributed by atoms with van der Waals surface area (Å²) in [7, 11) is 1.73. The molecular formula is C12H22N2OS. The Bertz CT molecular complexity index is 343. The molecule has 0 radical (unpaired) electrons. The molecule has 0 bridgehead atoms. The first-order valence-electron chi connectivity index (χ1n) is 5.61. The number of methoxy groups -OCH3 is 1. The van der Waals surface area contributed by atoms with E-state index in [0.29, 0.717) is 6.54 Å². The van der Waals surface area contributed by atoms with Gasteiger partial charge in [-0.15, -0.1) is 11.3 Å². The molecule has 16 heavy (non-hydrogen) atoms. The number of nitrogens with zero attached hydrogens (tertiary/aromatic N) is 1. The van der Waals surface area contributed by atoms with Crippen LogP contribution in [0.3, 0.4) is 0 Å². The van der Waals surface area contributed by atoms with Gasteiger partial charge in [0.25, 0.3) is 0 Å². The van der Waals surface area contributed by atoms with Gasteiger partial charge in [0.2, 0.25) is 0 Å². The van der Waals surface area contributed by atoms with Crippen LogP contribution in [0, 0.1) is 0 Å². The fourth-order valence-electron chi connectivity index (χ4n) is 1.31. The van der Waals surface area contributed by atoms with E-state index in [0.717, 1.165) is 17.1 Å². The first-order chi connectivity index (χ1) is 7.39. The van der Waals surface area contributed by atoms with Crippen LogP contribution in [-0.4, -0.2) is 18.6 Å². The van der Waals surface area contributed by atoms with Gasteiger partial charge in [-0.1, -0.05) is 20.8 Å². The summed E-state index contributed by atoms with van der Waals surface area (Å²) in [6.07, 6.45) is 0.916. The smallest absolute Gasteiger partial charge is 0.125 e. The summed E-state index contributed by atoms with van der Waals surface area (Å²) in [6, 6.07) is 0. The number of hydrogen-bond acceptors (Lipinski definition) is 4. The third-order valence-electron chi connectivity index (χ3n) is 3.29. The van der Waals surface area contributed by atoms with Crippen LogP contribution in [0.25, 0.3) is 0 Å². The first-order valence-corrected chi connectivity index (χ1v) is 6.49. The molecule has 4 heteroatoms. The predicted octanol–water partition coefficient (Wildman–Crippen LogP) is 2.65. The van der Waals surface area contributed by atoms with E-state index in [1.807, 2.05) is 0 Å². The highest BCUT2D eigenvalue weighted by molar-refractivity contribution is 7.09. The molecule has 0 amide bonds. The van der Waals surface area contributed by atoms with E-state index in [1.54, 1.807) is 18.4 Å². The zero-order chi connectivity index (χ0) is 12.4. The van der Waals surface area contributed by atoms with Gasteiger partial charge in [-0.3, -0.25) is 0 Å². The lowest BCUT2D eigenvalue weighted by Gasteiger charge is -2.24. The first kappa shape index (κ1) is 13.6. The van der Waals surface area contributed by atoms with E-state index in [-0.39, 0.29) is 11.0 Å². The molecule has 0 aliphatic carbocycles. The molecule has 0 saturated heterocycles. The Balaban J connectivity index is 3.03. The van der Waals surface area contributed by atoms with Crippen LogP contribution in [0.5, 0.6) is 0 Å². The van der Waals surface area contributed by atoms with E-state index in [2.05, 4.69) is 38.1 Å². The summed E-state index contributed by atoms with van der Waals surface area (Å²) in [4.78, 5) is 4.68. The molecule has 0 fully saturated rings. The Kier molecular flexibility index (Phi) is 4.10. The number of ether oxygens (including phenoxy) is 1. The van der Waals surface area contributed by atoms with Gasteiger partial charge >= 0.3 is 0 Å². The van der Waals surface area contributed by atoms with Gasteiger partial charge in [-0.25, -0.2) is 4.98 Å². The van der Waals surface area contributed by atoms with Crippen molar-refractivity contribution in [3.8, 4) is 0 Å². The molecule has 0 spiro atoms. The van der Waals surface area contributed by atoms with Gasteiger partial charge in [-0.2, -0.15) is 0 Å². The maximum Gasteiger partial charge on any atom is 0.125 e. The largest absolute Gasteiger partial charge is 0.371 e. The third-order valence-corrected chi connectivity index (χ3v) is 4.37. The van der Waals surface area contributed by atoms with Crippen LogP contribution in [0.2, 0.25) is 0 Å². The van der Waals surface area contributed by atoms with Crippen LogP contribution in [0.4, 0.5) is 0 Å². The second kappa shape index (κ2) is 4.82. The Morgan fingerprint density at radius 3 is 2.50 bits per heavy atom. The third kappa shape index (κ3) is 2.44. The van der Waals surface area contributed by atoms with Crippen molar-refractivity contribution in [2.24, 2.45) is 5.73 Å². The number of thiazole rings is 1. The van der Waals surface area contributed by atoms with E-state index in [1.165, 1.54) is 0 Å². The maximum absolute atomic E-state index is 5.76. The highest BCUT2D eigenvalue weighted by Crippen LogP contribution is 2.33. The maximum atomic E-state index is 5.76. The average molecular weight is 242 g/mol. The SMILES string of the molecule is CCC(C)(OC)c1nc(C(C)(C)CN)cs1. The minimum Gasteiger partial charge on any atom is -0.371 e. The molecule has 1 rings (SSSR count). The van der Waals surface area contributed by atoms with Crippen molar-refractivity contribution in [1.29, 1.82) is 0 Å². The molecule has 1 heterocycles. The Morgan fingerprint density at radius 1 is 1.44 bits per heavy atom. The quantitative estimate of drug-likeness (QED) is 0.863. The molecule has 0 aromatic carbocycles. The minimum atomic E-state index is -0.270. The Morgan fingerprint density at radius 2 is 2.06 bits per heavy atom. The summed E-state index contributed by atoms with van der Waals surface area (Å²) in [5.74, 6) is 0. The topological polar surface area (TPSA) is 48.1 Å². The van der Waals surface area contributed by atoms with Crippen LogP contribution < -0.4 is 5.73 Å². The minimum absolute atomic E-state index is 0.0584. The van der Waals surface area contributed by atoms with E-state index < -0.39 is 0 Å². The molecule has 92 valence electrons. The summed E-state index contributed by atoms with van der Waals surface area (Å²) >= 11 is 1.66. The zero-order valence-electron chi connectivity index (χ0n) is 10.8. The highest BCUT2D eigenvalue weighted by atomic mass is 32.1. The van der Waals surface area contributed by atoms with Gasteiger partial charge in [0.05, 0.1) is 5.69 Å². The monoisotopic (exact) mass is 242 g/mol. The molecule has 1 atom stereocenters. The van der Waals surface area contributed by atoms with Crippen LogP contribution >= 0.6 is 11.3 Å². The lowest BCUT2D eigenvalue weighted by molar-refractivity contribution is -0.00175. The van der Waals surface area contributed by atoms with Crippen molar-refractivity contribution < 1.29 is 4.74 Å². The van der Waals surface area contributed by atoms with Gasteiger partial charge in [0.15, 0.2) is 0 Å². The van der Waals surface area contributed by atoms with Crippen molar-refractivity contribution in [3.63, 3.8) is 0 Å². The van der Waals surface area contributed by atoms with Crippen molar-refractivity contribution in [2.45, 2.75) is 45.1 Å². The van der Waals surface area contributed by atoms with Gasteiger partial charge < -0.3 is 10.5 Å². The van der Waals surface area contributed by atoms with Crippen molar-refractivity contribution in [3.05, 3.63) is 16.1 Å². The standard InChI is InChI=1S/C12H22N2OS/c1-6-12(4,15-5)10-14-9(7-16-10)11(2,3)8-13/h7H,6,8,13H2,1-5H3. The molecule has 0 aliphatic rings. The lowest BCUT2D eigenvalue weighted by atomic mass is 9.90. The van der Waals surface area contributed by atoms with E-state index in [4.69, 9.17) is 10.5 Å². The van der Waals surface area contributed by atoms with Gasteiger partial charge in [-0.05, 0) is 13.3 Å². The average Bonchev–Trinajstić information content (AvgIpc) is 2.78. The number of aromatic nitrogens is 1. The Labute approximate surface area is 102 Å². The molecule has 3 nitrogen and oxygen atoms in total. The van der Waals surface area contributed by atoms with Crippen LogP contribution in [-0.2, 0) is 15.8 Å².